The van der Waals surface area contributed by atoms with Gasteiger partial charge in [-0.1, -0.05) is 12.1 Å². The van der Waals surface area contributed by atoms with Gasteiger partial charge < -0.3 is 9.52 Å². The summed E-state index contributed by atoms with van der Waals surface area (Å²) in [7, 11) is 0. The number of alkyl halides is 3. The second kappa shape index (κ2) is 4.37. The molecular weight excluding hydrogens is 289 g/mol. The van der Waals surface area contributed by atoms with Gasteiger partial charge in [0.15, 0.2) is 11.5 Å². The van der Waals surface area contributed by atoms with Crippen molar-refractivity contribution in [2.24, 2.45) is 0 Å². The van der Waals surface area contributed by atoms with E-state index in [1.807, 2.05) is 0 Å². The number of H-pyrrole nitrogens is 1. The number of aromatic nitrogens is 2. The highest BCUT2D eigenvalue weighted by Crippen LogP contribution is 2.37. The van der Waals surface area contributed by atoms with Crippen LogP contribution >= 0.6 is 0 Å². The molecule has 2 aromatic heterocycles. The summed E-state index contributed by atoms with van der Waals surface area (Å²) >= 11 is 0. The van der Waals surface area contributed by atoms with Gasteiger partial charge in [0.2, 0.25) is 0 Å². The van der Waals surface area contributed by atoms with E-state index in [2.05, 4.69) is 10.2 Å². The Bertz CT molecular complexity index is 833. The number of nitrogens with one attached hydrogen (secondary N) is 1. The minimum Gasteiger partial charge on any atom is -0.476 e. The number of carboxylic acid groups (broad SMARTS) is 1. The highest BCUT2D eigenvalue weighted by Gasteiger charge is 2.34. The lowest BCUT2D eigenvalue weighted by atomic mass is 10.1. The number of aromatic amines is 1. The summed E-state index contributed by atoms with van der Waals surface area (Å²) in [5.74, 6) is -1.16. The summed E-state index contributed by atoms with van der Waals surface area (Å²) in [6.07, 6.45) is -4.53. The molecule has 0 radical (unpaired) electrons. The van der Waals surface area contributed by atoms with Gasteiger partial charge >= 0.3 is 12.1 Å². The number of rotatable bonds is 2. The van der Waals surface area contributed by atoms with Crippen molar-refractivity contribution >= 4 is 16.9 Å². The third-order valence-corrected chi connectivity index (χ3v) is 2.91. The smallest absolute Gasteiger partial charge is 0.420 e. The number of fused-ring (bicyclic) bond motifs is 1. The number of hydrogen-bond acceptors (Lipinski definition) is 3. The molecule has 2 N–H and O–H groups in total. The SMILES string of the molecule is O=C(O)c1cc(-c2cc3cccc(C(F)(F)F)c3o2)[nH]n1. The van der Waals surface area contributed by atoms with Crippen LogP contribution in [0.2, 0.25) is 0 Å². The van der Waals surface area contributed by atoms with Crippen LogP contribution in [0.25, 0.3) is 22.4 Å². The van der Waals surface area contributed by atoms with Gasteiger partial charge in [0.25, 0.3) is 0 Å². The van der Waals surface area contributed by atoms with E-state index in [9.17, 15) is 18.0 Å². The number of halogens is 3. The summed E-state index contributed by atoms with van der Waals surface area (Å²) < 4.78 is 43.9. The standard InChI is InChI=1S/C13H7F3N2O3/c14-13(15,16)7-3-1-2-6-4-10(21-11(6)7)8-5-9(12(19)20)18-17-8/h1-5H,(H,17,18)(H,19,20). The monoisotopic (exact) mass is 296 g/mol. The molecule has 0 atom stereocenters. The molecule has 0 amide bonds. The molecule has 3 rings (SSSR count). The molecule has 108 valence electrons. The van der Waals surface area contributed by atoms with E-state index < -0.39 is 17.7 Å². The Morgan fingerprint density at radius 3 is 2.67 bits per heavy atom. The average Bonchev–Trinajstić information content (AvgIpc) is 3.03. The van der Waals surface area contributed by atoms with Crippen LogP contribution in [0.4, 0.5) is 13.2 Å². The maximum absolute atomic E-state index is 12.9. The van der Waals surface area contributed by atoms with Gasteiger partial charge in [-0.25, -0.2) is 4.79 Å². The van der Waals surface area contributed by atoms with Crippen LogP contribution in [0.1, 0.15) is 16.1 Å². The third kappa shape index (κ3) is 2.24. The van der Waals surface area contributed by atoms with Gasteiger partial charge in [0.05, 0.1) is 5.56 Å². The number of carboxylic acids is 1. The highest BCUT2D eigenvalue weighted by atomic mass is 19.4. The van der Waals surface area contributed by atoms with Crippen molar-refractivity contribution in [2.75, 3.05) is 0 Å². The molecule has 0 saturated heterocycles. The van der Waals surface area contributed by atoms with Gasteiger partial charge in [-0.2, -0.15) is 18.3 Å². The Morgan fingerprint density at radius 1 is 1.29 bits per heavy atom. The Kier molecular flexibility index (Phi) is 2.75. The largest absolute Gasteiger partial charge is 0.476 e. The molecule has 0 aliphatic carbocycles. The van der Waals surface area contributed by atoms with Crippen LogP contribution in [0.5, 0.6) is 0 Å². The molecule has 2 heterocycles. The molecule has 0 aliphatic heterocycles. The topological polar surface area (TPSA) is 79.1 Å². The zero-order valence-electron chi connectivity index (χ0n) is 10.2. The molecule has 0 fully saturated rings. The van der Waals surface area contributed by atoms with Crippen molar-refractivity contribution in [3.8, 4) is 11.5 Å². The average molecular weight is 296 g/mol. The van der Waals surface area contributed by atoms with Gasteiger partial charge in [-0.15, -0.1) is 0 Å². The van der Waals surface area contributed by atoms with Crippen molar-refractivity contribution < 1.29 is 27.5 Å². The number of hydrogen-bond donors (Lipinski definition) is 2. The number of aromatic carboxylic acids is 1. The van der Waals surface area contributed by atoms with E-state index in [4.69, 9.17) is 9.52 Å². The van der Waals surface area contributed by atoms with E-state index in [-0.39, 0.29) is 28.1 Å². The van der Waals surface area contributed by atoms with Crippen LogP contribution in [0, 0.1) is 0 Å². The molecular formula is C13H7F3N2O3. The molecule has 1 aromatic carbocycles. The Balaban J connectivity index is 2.15. The summed E-state index contributed by atoms with van der Waals surface area (Å²) in [4.78, 5) is 10.7. The number of nitrogens with zero attached hydrogens (tertiary/aromatic N) is 1. The van der Waals surface area contributed by atoms with Crippen LogP contribution in [-0.2, 0) is 6.18 Å². The number of benzene rings is 1. The zero-order chi connectivity index (χ0) is 15.2. The minimum absolute atomic E-state index is 0.0849. The summed E-state index contributed by atoms with van der Waals surface area (Å²) in [6, 6.07) is 6.26. The van der Waals surface area contributed by atoms with Gasteiger partial charge in [-0.3, -0.25) is 5.10 Å². The Labute approximate surface area is 115 Å². The fourth-order valence-corrected chi connectivity index (χ4v) is 1.98. The minimum atomic E-state index is -4.53. The van der Waals surface area contributed by atoms with Gasteiger partial charge in [0.1, 0.15) is 11.3 Å². The Hall–Kier alpha value is -2.77. The lowest BCUT2D eigenvalue weighted by molar-refractivity contribution is -0.136. The van der Waals surface area contributed by atoms with Crippen LogP contribution in [0.3, 0.4) is 0 Å². The fourth-order valence-electron chi connectivity index (χ4n) is 1.98. The van der Waals surface area contributed by atoms with E-state index in [1.54, 1.807) is 0 Å². The lowest BCUT2D eigenvalue weighted by Gasteiger charge is -2.05. The maximum Gasteiger partial charge on any atom is 0.420 e. The number of furan rings is 1. The van der Waals surface area contributed by atoms with Crippen molar-refractivity contribution in [3.63, 3.8) is 0 Å². The molecule has 5 nitrogen and oxygen atoms in total. The predicted octanol–water partition coefficient (Wildman–Crippen LogP) is 3.54. The van der Waals surface area contributed by atoms with E-state index in [0.717, 1.165) is 6.07 Å². The number of carbonyl (C=O) groups is 1. The molecule has 0 aliphatic rings. The van der Waals surface area contributed by atoms with Gasteiger partial charge in [-0.05, 0) is 12.1 Å². The summed E-state index contributed by atoms with van der Waals surface area (Å²) in [5, 5.41) is 15.0. The maximum atomic E-state index is 12.9. The molecule has 0 spiro atoms. The number of para-hydroxylation sites is 1. The Morgan fingerprint density at radius 2 is 2.05 bits per heavy atom. The zero-order valence-corrected chi connectivity index (χ0v) is 10.2. The van der Waals surface area contributed by atoms with E-state index >= 15 is 0 Å². The molecule has 21 heavy (non-hydrogen) atoms. The summed E-state index contributed by atoms with van der Waals surface area (Å²) in [6.45, 7) is 0. The molecule has 8 heteroatoms. The van der Waals surface area contributed by atoms with Crippen molar-refractivity contribution in [3.05, 3.63) is 41.6 Å². The first-order chi connectivity index (χ1) is 9.86. The van der Waals surface area contributed by atoms with E-state index in [1.165, 1.54) is 24.3 Å². The lowest BCUT2D eigenvalue weighted by Crippen LogP contribution is -2.04. The van der Waals surface area contributed by atoms with Crippen LogP contribution in [-0.4, -0.2) is 21.3 Å². The first-order valence-electron chi connectivity index (χ1n) is 5.75. The van der Waals surface area contributed by atoms with Crippen LogP contribution in [0.15, 0.2) is 34.7 Å². The first kappa shape index (κ1) is 13.2. The van der Waals surface area contributed by atoms with E-state index in [0.29, 0.717) is 0 Å². The van der Waals surface area contributed by atoms with Crippen molar-refractivity contribution in [1.29, 1.82) is 0 Å². The summed E-state index contributed by atoms with van der Waals surface area (Å²) in [5.41, 5.74) is -1.24. The normalized spacial score (nSPS) is 12.0. The molecule has 0 bridgehead atoms. The quantitative estimate of drug-likeness (QED) is 0.758. The fraction of sp³-hybridized carbons (Fsp3) is 0.0769. The highest BCUT2D eigenvalue weighted by molar-refractivity contribution is 5.88. The third-order valence-electron chi connectivity index (χ3n) is 2.91. The van der Waals surface area contributed by atoms with Crippen molar-refractivity contribution in [1.82, 2.24) is 10.2 Å². The predicted molar refractivity (Wildman–Crippen MR) is 65.8 cm³/mol. The van der Waals surface area contributed by atoms with Gasteiger partial charge in [0, 0.05) is 11.5 Å². The first-order valence-corrected chi connectivity index (χ1v) is 5.75. The molecule has 0 unspecified atom stereocenters. The molecule has 0 saturated carbocycles. The molecule has 3 aromatic rings. The second-order valence-corrected chi connectivity index (χ2v) is 4.30. The van der Waals surface area contributed by atoms with Crippen molar-refractivity contribution in [2.45, 2.75) is 6.18 Å². The van der Waals surface area contributed by atoms with Crippen LogP contribution < -0.4 is 0 Å². The second-order valence-electron chi connectivity index (χ2n) is 4.30.